The molecule has 0 aromatic heterocycles. The van der Waals surface area contributed by atoms with Crippen LogP contribution >= 0.6 is 0 Å². The van der Waals surface area contributed by atoms with Crippen molar-refractivity contribution >= 4 is 48.6 Å². The van der Waals surface area contributed by atoms with Crippen LogP contribution in [0.1, 0.15) is 24.8 Å². The molecule has 1 unspecified atom stereocenters. The minimum absolute atomic E-state index is 0.0124. The molecule has 12 heteroatoms. The van der Waals surface area contributed by atoms with Crippen LogP contribution in [0.2, 0.25) is 0 Å². The quantitative estimate of drug-likeness (QED) is 0.561. The molecule has 9 nitrogen and oxygen atoms in total. The molecule has 4 aliphatic rings. The van der Waals surface area contributed by atoms with E-state index in [4.69, 9.17) is 0 Å². The van der Waals surface area contributed by atoms with Crippen LogP contribution in [0.25, 0.3) is 0 Å². The number of anilines is 1. The number of fused-ring (bicyclic) bond motifs is 6. The first-order chi connectivity index (χ1) is 17.9. The second-order valence-corrected chi connectivity index (χ2v) is 14.4. The Hall–Kier alpha value is -3.12. The van der Waals surface area contributed by atoms with E-state index in [1.54, 1.807) is 17.0 Å². The maximum atomic E-state index is 13.9. The second-order valence-electron chi connectivity index (χ2n) is 10.7. The molecule has 1 amide bonds. The molecule has 2 bridgehead atoms. The molecule has 2 aromatic rings. The number of Topliss-reactive ketones (excluding diaryl/α,β-unsaturated/α-hetero) is 1. The fourth-order valence-corrected chi connectivity index (χ4v) is 8.82. The third-order valence-corrected chi connectivity index (χ3v) is 10.5. The van der Waals surface area contributed by atoms with E-state index in [-0.39, 0.29) is 63.9 Å². The Kier molecular flexibility index (Phi) is 5.76. The predicted octanol–water partition coefficient (Wildman–Crippen LogP) is 2.70. The van der Waals surface area contributed by atoms with Gasteiger partial charge in [-0.3, -0.25) is 19.3 Å². The van der Waals surface area contributed by atoms with E-state index < -0.39 is 37.4 Å². The normalized spacial score (nSPS) is 29.6. The standard InChI is InChI=1S/C26H26FN3O6S2/c1-37(33,34)29-18-8-9-19-21(11-18)38(35,36)13-20(28-19)23-25(31)22-15-4-5-16(10-15)24(22)30(26(23)32)12-14-2-6-17(27)7-3-14/h2-3,6-9,11,15-16,22-24,29H,4-5,10,12-13H2,1H3/t15-,16+,22+,23?,24-/m0/s1. The monoisotopic (exact) mass is 559 g/mol. The summed E-state index contributed by atoms with van der Waals surface area (Å²) < 4.78 is 65.5. The molecule has 0 radical (unpaired) electrons. The van der Waals surface area contributed by atoms with Crippen LogP contribution in [0.5, 0.6) is 0 Å². The number of rotatable bonds is 5. The molecule has 2 aliphatic heterocycles. The lowest BCUT2D eigenvalue weighted by Crippen LogP contribution is -2.61. The molecule has 2 aromatic carbocycles. The molecule has 6 rings (SSSR count). The zero-order chi connectivity index (χ0) is 27.0. The maximum Gasteiger partial charge on any atom is 0.239 e. The highest BCUT2D eigenvalue weighted by molar-refractivity contribution is 7.92. The van der Waals surface area contributed by atoms with Gasteiger partial charge in [-0.15, -0.1) is 0 Å². The lowest BCUT2D eigenvalue weighted by atomic mass is 9.72. The van der Waals surface area contributed by atoms with Crippen molar-refractivity contribution in [1.82, 2.24) is 4.90 Å². The number of carbonyl (C=O) groups is 2. The maximum absolute atomic E-state index is 13.9. The first kappa shape index (κ1) is 25.2. The van der Waals surface area contributed by atoms with Crippen molar-refractivity contribution in [3.63, 3.8) is 0 Å². The number of benzene rings is 2. The largest absolute Gasteiger partial charge is 0.333 e. The molecule has 2 heterocycles. The number of sulfonamides is 1. The van der Waals surface area contributed by atoms with Crippen molar-refractivity contribution in [3.8, 4) is 0 Å². The van der Waals surface area contributed by atoms with E-state index >= 15 is 0 Å². The zero-order valence-electron chi connectivity index (χ0n) is 20.5. The number of amides is 1. The number of likely N-dealkylation sites (tertiary alicyclic amines) is 1. The van der Waals surface area contributed by atoms with Crippen LogP contribution < -0.4 is 4.72 Å². The fraction of sp³-hybridized carbons (Fsp3) is 0.423. The van der Waals surface area contributed by atoms with Crippen LogP contribution in [-0.4, -0.2) is 57.2 Å². The Morgan fingerprint density at radius 1 is 1.08 bits per heavy atom. The average Bonchev–Trinajstić information content (AvgIpc) is 3.45. The Bertz CT molecular complexity index is 1600. The van der Waals surface area contributed by atoms with E-state index in [1.165, 1.54) is 30.3 Å². The number of halogens is 1. The number of nitrogens with one attached hydrogen (secondary N) is 1. The minimum atomic E-state index is -4.01. The van der Waals surface area contributed by atoms with Crippen LogP contribution in [0, 0.1) is 29.5 Å². The summed E-state index contributed by atoms with van der Waals surface area (Å²) in [5.74, 6) is -3.09. The highest BCUT2D eigenvalue weighted by Crippen LogP contribution is 2.54. The summed E-state index contributed by atoms with van der Waals surface area (Å²) in [5.41, 5.74) is 0.852. The Labute approximate surface area is 220 Å². The lowest BCUT2D eigenvalue weighted by molar-refractivity contribution is -0.153. The summed E-state index contributed by atoms with van der Waals surface area (Å²) in [6.45, 7) is 0.199. The molecule has 3 fully saturated rings. The van der Waals surface area contributed by atoms with Gasteiger partial charge in [-0.1, -0.05) is 12.1 Å². The molecular weight excluding hydrogens is 533 g/mol. The SMILES string of the molecule is CS(=O)(=O)Nc1ccc2c(c1)S(=O)(=O)CC(C1C(=O)[C@@H]3[C@H]4CC[C@H](C4)[C@@H]3N(Cc3ccc(F)cc3)C1=O)=N2. The molecule has 2 saturated carbocycles. The number of carbonyl (C=O) groups excluding carboxylic acids is 2. The predicted molar refractivity (Wildman–Crippen MR) is 138 cm³/mol. The van der Waals surface area contributed by atoms with Gasteiger partial charge in [0.25, 0.3) is 0 Å². The van der Waals surface area contributed by atoms with Crippen molar-refractivity contribution in [2.75, 3.05) is 16.7 Å². The van der Waals surface area contributed by atoms with E-state index in [1.807, 2.05) is 0 Å². The topological polar surface area (TPSA) is 130 Å². The zero-order valence-corrected chi connectivity index (χ0v) is 22.1. The number of hydrogen-bond donors (Lipinski definition) is 1. The highest BCUT2D eigenvalue weighted by atomic mass is 32.2. The molecule has 1 N–H and O–H groups in total. The lowest BCUT2D eigenvalue weighted by Gasteiger charge is -2.46. The third-order valence-electron chi connectivity index (χ3n) is 8.17. The van der Waals surface area contributed by atoms with Crippen LogP contribution in [0.4, 0.5) is 15.8 Å². The van der Waals surface area contributed by atoms with Crippen molar-refractivity contribution < 1.29 is 30.8 Å². The van der Waals surface area contributed by atoms with E-state index in [9.17, 15) is 30.8 Å². The molecule has 38 heavy (non-hydrogen) atoms. The summed E-state index contributed by atoms with van der Waals surface area (Å²) in [6.07, 6.45) is 3.64. The van der Waals surface area contributed by atoms with Crippen LogP contribution in [-0.2, 0) is 36.0 Å². The summed E-state index contributed by atoms with van der Waals surface area (Å²) >= 11 is 0. The number of sulfone groups is 1. The van der Waals surface area contributed by atoms with Gasteiger partial charge in [0.05, 0.1) is 28.3 Å². The van der Waals surface area contributed by atoms with Gasteiger partial charge in [0, 0.05) is 24.2 Å². The van der Waals surface area contributed by atoms with Gasteiger partial charge in [0.2, 0.25) is 15.9 Å². The van der Waals surface area contributed by atoms with Gasteiger partial charge in [-0.25, -0.2) is 21.2 Å². The minimum Gasteiger partial charge on any atom is -0.333 e. The van der Waals surface area contributed by atoms with Gasteiger partial charge in [-0.05, 0) is 67.0 Å². The summed E-state index contributed by atoms with van der Waals surface area (Å²) in [6, 6.07) is 9.57. The third kappa shape index (κ3) is 4.23. The average molecular weight is 560 g/mol. The summed E-state index contributed by atoms with van der Waals surface area (Å²) in [7, 11) is -7.64. The van der Waals surface area contributed by atoms with Crippen molar-refractivity contribution in [3.05, 3.63) is 53.8 Å². The molecule has 1 saturated heterocycles. The number of nitrogens with zero attached hydrogens (tertiary/aromatic N) is 2. The molecule has 0 spiro atoms. The first-order valence-corrected chi connectivity index (χ1v) is 16.0. The van der Waals surface area contributed by atoms with E-state index in [0.717, 1.165) is 31.1 Å². The van der Waals surface area contributed by atoms with Crippen molar-refractivity contribution in [2.45, 2.75) is 36.7 Å². The van der Waals surface area contributed by atoms with Gasteiger partial charge in [0.15, 0.2) is 15.6 Å². The number of piperidine rings is 1. The summed E-state index contributed by atoms with van der Waals surface area (Å²) in [4.78, 5) is 33.8. The molecule has 200 valence electrons. The Balaban J connectivity index is 1.39. The second kappa shape index (κ2) is 8.70. The summed E-state index contributed by atoms with van der Waals surface area (Å²) in [5, 5.41) is 0. The van der Waals surface area contributed by atoms with Crippen LogP contribution in [0.15, 0.2) is 52.4 Å². The molecule has 5 atom stereocenters. The number of aliphatic imine (C=N–C) groups is 1. The fourth-order valence-electron chi connectivity index (χ4n) is 6.75. The molecule has 2 aliphatic carbocycles. The Morgan fingerprint density at radius 3 is 2.50 bits per heavy atom. The molecular formula is C26H26FN3O6S2. The van der Waals surface area contributed by atoms with Gasteiger partial charge < -0.3 is 4.90 Å². The number of ketones is 1. The van der Waals surface area contributed by atoms with Gasteiger partial charge >= 0.3 is 0 Å². The van der Waals surface area contributed by atoms with Crippen LogP contribution in [0.3, 0.4) is 0 Å². The Morgan fingerprint density at radius 2 is 1.79 bits per heavy atom. The smallest absolute Gasteiger partial charge is 0.239 e. The highest BCUT2D eigenvalue weighted by Gasteiger charge is 2.60. The first-order valence-electron chi connectivity index (χ1n) is 12.4. The van der Waals surface area contributed by atoms with Gasteiger partial charge in [-0.2, -0.15) is 0 Å². The van der Waals surface area contributed by atoms with Gasteiger partial charge in [0.1, 0.15) is 11.7 Å². The van der Waals surface area contributed by atoms with Crippen molar-refractivity contribution in [1.29, 1.82) is 0 Å². The van der Waals surface area contributed by atoms with E-state index in [0.29, 0.717) is 0 Å². The van der Waals surface area contributed by atoms with E-state index in [2.05, 4.69) is 9.71 Å². The van der Waals surface area contributed by atoms with Crippen molar-refractivity contribution in [2.24, 2.45) is 28.7 Å². The number of hydrogen-bond acceptors (Lipinski definition) is 7.